The lowest BCUT2D eigenvalue weighted by Gasteiger charge is -2.17. The molecule has 0 radical (unpaired) electrons. The van der Waals surface area contributed by atoms with E-state index in [1.54, 1.807) is 37.5 Å². The third-order valence-electron chi connectivity index (χ3n) is 3.21. The number of rotatable bonds is 6. The standard InChI is InChI=1S/C15H19N3O2S/c1-18(11-9-15-4-2-3-10-17-15)21(19,20)12-13-5-7-14(16)8-6-13/h2-8,10H,9,11-12,16H2,1H3. The molecular formula is C15H19N3O2S. The number of hydrogen-bond donors (Lipinski definition) is 1. The maximum absolute atomic E-state index is 12.3. The topological polar surface area (TPSA) is 76.3 Å². The van der Waals surface area contributed by atoms with E-state index >= 15 is 0 Å². The maximum atomic E-state index is 12.3. The highest BCUT2D eigenvalue weighted by Gasteiger charge is 2.18. The van der Waals surface area contributed by atoms with E-state index in [9.17, 15) is 8.42 Å². The second kappa shape index (κ2) is 6.69. The zero-order valence-electron chi connectivity index (χ0n) is 11.9. The van der Waals surface area contributed by atoms with E-state index in [4.69, 9.17) is 5.73 Å². The number of anilines is 1. The number of nitrogens with zero attached hydrogens (tertiary/aromatic N) is 2. The SMILES string of the molecule is CN(CCc1ccccn1)S(=O)(=O)Cc1ccc(N)cc1. The van der Waals surface area contributed by atoms with Gasteiger partial charge in [-0.05, 0) is 29.8 Å². The van der Waals surface area contributed by atoms with Crippen LogP contribution in [0.3, 0.4) is 0 Å². The number of pyridine rings is 1. The van der Waals surface area contributed by atoms with Gasteiger partial charge in [-0.2, -0.15) is 0 Å². The van der Waals surface area contributed by atoms with Gasteiger partial charge in [0.25, 0.3) is 0 Å². The molecule has 2 aromatic rings. The van der Waals surface area contributed by atoms with Gasteiger partial charge >= 0.3 is 0 Å². The smallest absolute Gasteiger partial charge is 0.218 e. The van der Waals surface area contributed by atoms with Crippen molar-refractivity contribution >= 4 is 15.7 Å². The Bertz CT molecular complexity index is 670. The molecule has 0 unspecified atom stereocenters. The summed E-state index contributed by atoms with van der Waals surface area (Å²) < 4.78 is 25.9. The van der Waals surface area contributed by atoms with Gasteiger partial charge in [0.1, 0.15) is 0 Å². The average molecular weight is 305 g/mol. The molecule has 6 heteroatoms. The molecule has 0 aliphatic rings. The summed E-state index contributed by atoms with van der Waals surface area (Å²) in [4.78, 5) is 4.19. The minimum atomic E-state index is -3.33. The van der Waals surface area contributed by atoms with E-state index in [1.165, 1.54) is 4.31 Å². The van der Waals surface area contributed by atoms with Crippen LogP contribution < -0.4 is 5.73 Å². The first-order chi connectivity index (χ1) is 9.97. The fourth-order valence-electron chi connectivity index (χ4n) is 1.89. The Morgan fingerprint density at radius 3 is 2.48 bits per heavy atom. The molecule has 5 nitrogen and oxygen atoms in total. The van der Waals surface area contributed by atoms with E-state index in [0.29, 0.717) is 18.7 Å². The van der Waals surface area contributed by atoms with E-state index < -0.39 is 10.0 Å². The van der Waals surface area contributed by atoms with Crippen LogP contribution in [0, 0.1) is 0 Å². The fraction of sp³-hybridized carbons (Fsp3) is 0.267. The van der Waals surface area contributed by atoms with Gasteiger partial charge in [0.15, 0.2) is 0 Å². The van der Waals surface area contributed by atoms with Gasteiger partial charge in [-0.15, -0.1) is 0 Å². The second-order valence-electron chi connectivity index (χ2n) is 4.89. The van der Waals surface area contributed by atoms with Crippen LogP contribution >= 0.6 is 0 Å². The Morgan fingerprint density at radius 1 is 1.14 bits per heavy atom. The lowest BCUT2D eigenvalue weighted by Crippen LogP contribution is -2.30. The van der Waals surface area contributed by atoms with Crippen molar-refractivity contribution in [2.75, 3.05) is 19.3 Å². The van der Waals surface area contributed by atoms with Gasteiger partial charge in [0, 0.05) is 37.6 Å². The van der Waals surface area contributed by atoms with Gasteiger partial charge in [-0.25, -0.2) is 12.7 Å². The van der Waals surface area contributed by atoms with Crippen LogP contribution in [0.5, 0.6) is 0 Å². The van der Waals surface area contributed by atoms with E-state index in [0.717, 1.165) is 11.3 Å². The molecular weight excluding hydrogens is 286 g/mol. The quantitative estimate of drug-likeness (QED) is 0.824. The molecule has 21 heavy (non-hydrogen) atoms. The zero-order valence-corrected chi connectivity index (χ0v) is 12.8. The van der Waals surface area contributed by atoms with Crippen molar-refractivity contribution in [1.29, 1.82) is 0 Å². The van der Waals surface area contributed by atoms with E-state index in [-0.39, 0.29) is 5.75 Å². The first-order valence-corrected chi connectivity index (χ1v) is 8.26. The summed E-state index contributed by atoms with van der Waals surface area (Å²) in [5.74, 6) is -0.0218. The lowest BCUT2D eigenvalue weighted by atomic mass is 10.2. The number of hydrogen-bond acceptors (Lipinski definition) is 4. The van der Waals surface area contributed by atoms with E-state index in [1.807, 2.05) is 18.2 Å². The molecule has 1 aromatic carbocycles. The molecule has 1 heterocycles. The van der Waals surface area contributed by atoms with Crippen molar-refractivity contribution in [3.05, 3.63) is 59.9 Å². The monoisotopic (exact) mass is 305 g/mol. The van der Waals surface area contributed by atoms with Crippen LogP contribution in [0.15, 0.2) is 48.7 Å². The average Bonchev–Trinajstić information content (AvgIpc) is 2.48. The van der Waals surface area contributed by atoms with E-state index in [2.05, 4.69) is 4.98 Å². The van der Waals surface area contributed by atoms with Crippen LogP contribution in [0.25, 0.3) is 0 Å². The van der Waals surface area contributed by atoms with Crippen molar-refractivity contribution in [3.8, 4) is 0 Å². The third kappa shape index (κ3) is 4.54. The van der Waals surface area contributed by atoms with Crippen molar-refractivity contribution in [1.82, 2.24) is 9.29 Å². The highest BCUT2D eigenvalue weighted by atomic mass is 32.2. The second-order valence-corrected chi connectivity index (χ2v) is 6.97. The van der Waals surface area contributed by atoms with Gasteiger partial charge in [-0.1, -0.05) is 18.2 Å². The minimum absolute atomic E-state index is 0.0218. The summed E-state index contributed by atoms with van der Waals surface area (Å²) in [6.45, 7) is 0.411. The number of sulfonamides is 1. The Morgan fingerprint density at radius 2 is 1.86 bits per heavy atom. The first-order valence-electron chi connectivity index (χ1n) is 6.66. The largest absolute Gasteiger partial charge is 0.399 e. The Labute approximate surface area is 125 Å². The van der Waals surface area contributed by atoms with Crippen LogP contribution in [0.4, 0.5) is 5.69 Å². The van der Waals surface area contributed by atoms with Crippen LogP contribution in [-0.2, 0) is 22.2 Å². The predicted molar refractivity (Wildman–Crippen MR) is 84.0 cm³/mol. The van der Waals surface area contributed by atoms with Gasteiger partial charge in [0.2, 0.25) is 10.0 Å². The van der Waals surface area contributed by atoms with Crippen molar-refractivity contribution in [2.45, 2.75) is 12.2 Å². The molecule has 0 atom stereocenters. The summed E-state index contributed by atoms with van der Waals surface area (Å²) >= 11 is 0. The van der Waals surface area contributed by atoms with Gasteiger partial charge in [-0.3, -0.25) is 4.98 Å². The van der Waals surface area contributed by atoms with Crippen molar-refractivity contribution in [3.63, 3.8) is 0 Å². The molecule has 0 amide bonds. The van der Waals surface area contributed by atoms with Crippen LogP contribution in [-0.4, -0.2) is 31.3 Å². The number of likely N-dealkylation sites (N-methyl/N-ethyl adjacent to an activating group) is 1. The van der Waals surface area contributed by atoms with Crippen LogP contribution in [0.2, 0.25) is 0 Å². The molecule has 0 bridgehead atoms. The van der Waals surface area contributed by atoms with Crippen molar-refractivity contribution < 1.29 is 8.42 Å². The first kappa shape index (κ1) is 15.5. The lowest BCUT2D eigenvalue weighted by molar-refractivity contribution is 0.470. The fourth-order valence-corrected chi connectivity index (χ4v) is 3.10. The summed E-state index contributed by atoms with van der Waals surface area (Å²) in [5, 5.41) is 0. The molecule has 0 saturated heterocycles. The Kier molecular flexibility index (Phi) is 4.93. The number of nitrogen functional groups attached to an aromatic ring is 1. The molecule has 0 aliphatic carbocycles. The molecule has 0 spiro atoms. The van der Waals surface area contributed by atoms with Gasteiger partial charge < -0.3 is 5.73 Å². The summed E-state index contributed by atoms with van der Waals surface area (Å²) in [7, 11) is -1.74. The summed E-state index contributed by atoms with van der Waals surface area (Å²) in [6.07, 6.45) is 2.30. The molecule has 2 N–H and O–H groups in total. The molecule has 0 saturated carbocycles. The Balaban J connectivity index is 1.96. The molecule has 2 rings (SSSR count). The summed E-state index contributed by atoms with van der Waals surface area (Å²) in [6, 6.07) is 12.5. The Hall–Kier alpha value is -1.92. The zero-order chi connectivity index (χ0) is 15.3. The molecule has 0 fully saturated rings. The third-order valence-corrected chi connectivity index (χ3v) is 5.04. The van der Waals surface area contributed by atoms with Crippen LogP contribution in [0.1, 0.15) is 11.3 Å². The maximum Gasteiger partial charge on any atom is 0.218 e. The number of benzene rings is 1. The molecule has 0 aliphatic heterocycles. The number of nitrogens with two attached hydrogens (primary N) is 1. The van der Waals surface area contributed by atoms with Crippen molar-refractivity contribution in [2.24, 2.45) is 0 Å². The highest BCUT2D eigenvalue weighted by molar-refractivity contribution is 7.88. The number of aromatic nitrogens is 1. The molecule has 112 valence electrons. The minimum Gasteiger partial charge on any atom is -0.399 e. The summed E-state index contributed by atoms with van der Waals surface area (Å²) in [5.41, 5.74) is 7.83. The highest BCUT2D eigenvalue weighted by Crippen LogP contribution is 2.12. The van der Waals surface area contributed by atoms with Gasteiger partial charge in [0.05, 0.1) is 5.75 Å². The normalized spacial score (nSPS) is 11.7. The predicted octanol–water partition coefficient (Wildman–Crippen LogP) is 1.67. The molecule has 1 aromatic heterocycles.